The van der Waals surface area contributed by atoms with E-state index in [0.29, 0.717) is 18.3 Å². The van der Waals surface area contributed by atoms with E-state index in [1.165, 1.54) is 12.0 Å². The lowest BCUT2D eigenvalue weighted by atomic mass is 9.92. The molecule has 1 aromatic rings. The lowest BCUT2D eigenvalue weighted by Crippen LogP contribution is -2.48. The Morgan fingerprint density at radius 3 is 2.57 bits per heavy atom. The molecule has 2 aliphatic heterocycles. The Bertz CT molecular complexity index is 589. The fraction of sp³-hybridized carbons (Fsp3) is 0.579. The van der Waals surface area contributed by atoms with E-state index in [1.807, 2.05) is 23.1 Å². The van der Waals surface area contributed by atoms with E-state index in [-0.39, 0.29) is 18.4 Å². The zero-order chi connectivity index (χ0) is 16.4. The predicted molar refractivity (Wildman–Crippen MR) is 91.3 cm³/mol. The molecule has 2 heterocycles. The van der Waals surface area contributed by atoms with E-state index in [2.05, 4.69) is 19.9 Å². The number of nitrogens with zero attached hydrogens (tertiary/aromatic N) is 2. The lowest BCUT2D eigenvalue weighted by molar-refractivity contribution is -0.133. The number of piperidine rings is 1. The van der Waals surface area contributed by atoms with E-state index in [1.54, 1.807) is 4.90 Å². The average molecular weight is 314 g/mol. The first-order valence-corrected chi connectivity index (χ1v) is 8.70. The van der Waals surface area contributed by atoms with Gasteiger partial charge in [0.25, 0.3) is 0 Å². The van der Waals surface area contributed by atoms with Crippen LogP contribution in [0.3, 0.4) is 0 Å². The third kappa shape index (κ3) is 3.57. The van der Waals surface area contributed by atoms with Crippen LogP contribution in [-0.2, 0) is 16.0 Å². The molecule has 1 fully saturated rings. The maximum atomic E-state index is 12.8. The summed E-state index contributed by atoms with van der Waals surface area (Å²) in [6.07, 6.45) is 3.47. The molecule has 2 atom stereocenters. The van der Waals surface area contributed by atoms with E-state index >= 15 is 0 Å². The maximum absolute atomic E-state index is 12.8. The van der Waals surface area contributed by atoms with Crippen LogP contribution in [0, 0.1) is 11.8 Å². The SMILES string of the molecule is C[C@@H]1C[C@H](C)CN(C(=O)CN2C(=O)CCCc3ccccc32)C1. The summed E-state index contributed by atoms with van der Waals surface area (Å²) in [7, 11) is 0. The zero-order valence-electron chi connectivity index (χ0n) is 14.1. The minimum absolute atomic E-state index is 0.0707. The molecule has 2 amide bonds. The molecule has 0 bridgehead atoms. The summed E-state index contributed by atoms with van der Waals surface area (Å²) in [5, 5.41) is 0. The van der Waals surface area contributed by atoms with Gasteiger partial charge < -0.3 is 9.80 Å². The fourth-order valence-electron chi connectivity index (χ4n) is 3.96. The Balaban J connectivity index is 1.78. The predicted octanol–water partition coefficient (Wildman–Crippen LogP) is 2.86. The molecule has 0 radical (unpaired) electrons. The van der Waals surface area contributed by atoms with Crippen molar-refractivity contribution in [3.05, 3.63) is 29.8 Å². The van der Waals surface area contributed by atoms with Crippen LogP contribution in [0.5, 0.6) is 0 Å². The second-order valence-electron chi connectivity index (χ2n) is 7.21. The number of hydrogen-bond acceptors (Lipinski definition) is 2. The number of benzene rings is 1. The Kier molecular flexibility index (Phi) is 4.69. The quantitative estimate of drug-likeness (QED) is 0.842. The Labute approximate surface area is 138 Å². The summed E-state index contributed by atoms with van der Waals surface area (Å²) >= 11 is 0. The van der Waals surface area contributed by atoms with Gasteiger partial charge in [0.1, 0.15) is 6.54 Å². The van der Waals surface area contributed by atoms with Gasteiger partial charge >= 0.3 is 0 Å². The molecule has 124 valence electrons. The summed E-state index contributed by atoms with van der Waals surface area (Å²) < 4.78 is 0. The molecule has 3 rings (SSSR count). The molecule has 4 heteroatoms. The van der Waals surface area contributed by atoms with Crippen molar-refractivity contribution in [2.24, 2.45) is 11.8 Å². The number of anilines is 1. The van der Waals surface area contributed by atoms with Gasteiger partial charge in [-0.2, -0.15) is 0 Å². The van der Waals surface area contributed by atoms with Crippen molar-refractivity contribution in [3.8, 4) is 0 Å². The molecule has 23 heavy (non-hydrogen) atoms. The van der Waals surface area contributed by atoms with Gasteiger partial charge in [-0.25, -0.2) is 0 Å². The third-order valence-electron chi connectivity index (χ3n) is 4.94. The van der Waals surface area contributed by atoms with Crippen LogP contribution in [-0.4, -0.2) is 36.3 Å². The molecule has 0 saturated carbocycles. The summed E-state index contributed by atoms with van der Waals surface area (Å²) in [4.78, 5) is 28.9. The van der Waals surface area contributed by atoms with Crippen LogP contribution < -0.4 is 4.90 Å². The molecule has 0 unspecified atom stereocenters. The van der Waals surface area contributed by atoms with Gasteiger partial charge in [0, 0.05) is 25.2 Å². The molecule has 0 aromatic heterocycles. The largest absolute Gasteiger partial charge is 0.341 e. The highest BCUT2D eigenvalue weighted by molar-refractivity contribution is 5.99. The number of amides is 2. The van der Waals surface area contributed by atoms with Crippen molar-refractivity contribution in [3.63, 3.8) is 0 Å². The first kappa shape index (κ1) is 16.0. The Hall–Kier alpha value is -1.84. The van der Waals surface area contributed by atoms with Gasteiger partial charge in [-0.1, -0.05) is 32.0 Å². The zero-order valence-corrected chi connectivity index (χ0v) is 14.1. The molecule has 0 spiro atoms. The number of hydrogen-bond donors (Lipinski definition) is 0. The molecule has 0 aliphatic carbocycles. The van der Waals surface area contributed by atoms with Crippen LogP contribution in [0.15, 0.2) is 24.3 Å². The summed E-state index contributed by atoms with van der Waals surface area (Å²) in [6.45, 7) is 6.19. The van der Waals surface area contributed by atoms with Crippen molar-refractivity contribution < 1.29 is 9.59 Å². The molecule has 4 nitrogen and oxygen atoms in total. The number of aryl methyl sites for hydroxylation is 1. The third-order valence-corrected chi connectivity index (χ3v) is 4.94. The molecule has 2 aliphatic rings. The highest BCUT2D eigenvalue weighted by atomic mass is 16.2. The first-order chi connectivity index (χ1) is 11.0. The number of rotatable bonds is 2. The molecular formula is C19H26N2O2. The van der Waals surface area contributed by atoms with Crippen molar-refractivity contribution in [1.82, 2.24) is 4.90 Å². The van der Waals surface area contributed by atoms with Crippen LogP contribution in [0.1, 0.15) is 38.7 Å². The number of carbonyl (C=O) groups is 2. The van der Waals surface area contributed by atoms with E-state index in [9.17, 15) is 9.59 Å². The first-order valence-electron chi connectivity index (χ1n) is 8.70. The van der Waals surface area contributed by atoms with E-state index in [0.717, 1.165) is 31.6 Å². The van der Waals surface area contributed by atoms with Crippen LogP contribution >= 0.6 is 0 Å². The van der Waals surface area contributed by atoms with Crippen LogP contribution in [0.2, 0.25) is 0 Å². The van der Waals surface area contributed by atoms with Crippen LogP contribution in [0.4, 0.5) is 5.69 Å². The highest BCUT2D eigenvalue weighted by Crippen LogP contribution is 2.27. The van der Waals surface area contributed by atoms with Crippen molar-refractivity contribution >= 4 is 17.5 Å². The van der Waals surface area contributed by atoms with Gasteiger partial charge in [-0.3, -0.25) is 9.59 Å². The number of likely N-dealkylation sites (tertiary alicyclic amines) is 1. The second-order valence-corrected chi connectivity index (χ2v) is 7.21. The molecule has 1 saturated heterocycles. The molecular weight excluding hydrogens is 288 g/mol. The number of fused-ring (bicyclic) bond motifs is 1. The summed E-state index contributed by atoms with van der Waals surface area (Å²) in [6, 6.07) is 7.98. The normalized spacial score (nSPS) is 25.0. The van der Waals surface area contributed by atoms with Gasteiger partial charge in [-0.15, -0.1) is 0 Å². The number of carbonyl (C=O) groups excluding carboxylic acids is 2. The van der Waals surface area contributed by atoms with E-state index in [4.69, 9.17) is 0 Å². The van der Waals surface area contributed by atoms with Gasteiger partial charge in [-0.05, 0) is 42.7 Å². The monoisotopic (exact) mass is 314 g/mol. The van der Waals surface area contributed by atoms with Crippen molar-refractivity contribution in [1.29, 1.82) is 0 Å². The minimum atomic E-state index is 0.0707. The average Bonchev–Trinajstić information content (AvgIpc) is 2.66. The summed E-state index contributed by atoms with van der Waals surface area (Å²) in [5.74, 6) is 1.22. The number of para-hydroxylation sites is 1. The standard InChI is InChI=1S/C19H26N2O2/c1-14-10-15(2)12-20(11-14)19(23)13-21-17-8-4-3-6-16(17)7-5-9-18(21)22/h3-4,6,8,14-15H,5,7,9-13H2,1-2H3/t14-,15+. The van der Waals surface area contributed by atoms with Gasteiger partial charge in [0.2, 0.25) is 11.8 Å². The Morgan fingerprint density at radius 1 is 1.13 bits per heavy atom. The fourth-order valence-corrected chi connectivity index (χ4v) is 3.96. The van der Waals surface area contributed by atoms with Crippen LogP contribution in [0.25, 0.3) is 0 Å². The smallest absolute Gasteiger partial charge is 0.242 e. The van der Waals surface area contributed by atoms with E-state index < -0.39 is 0 Å². The highest BCUT2D eigenvalue weighted by Gasteiger charge is 2.29. The summed E-state index contributed by atoms with van der Waals surface area (Å²) in [5.41, 5.74) is 2.09. The second kappa shape index (κ2) is 6.73. The Morgan fingerprint density at radius 2 is 1.83 bits per heavy atom. The molecule has 1 aromatic carbocycles. The van der Waals surface area contributed by atoms with Gasteiger partial charge in [0.05, 0.1) is 0 Å². The topological polar surface area (TPSA) is 40.6 Å². The lowest BCUT2D eigenvalue weighted by Gasteiger charge is -2.36. The van der Waals surface area contributed by atoms with Crippen molar-refractivity contribution in [2.75, 3.05) is 24.5 Å². The van der Waals surface area contributed by atoms with Crippen molar-refractivity contribution in [2.45, 2.75) is 39.5 Å². The minimum Gasteiger partial charge on any atom is -0.341 e. The maximum Gasteiger partial charge on any atom is 0.242 e. The van der Waals surface area contributed by atoms with Gasteiger partial charge in [0.15, 0.2) is 0 Å². The molecule has 0 N–H and O–H groups in total.